The number of carbonyl (C=O) groups excluding carboxylic acids is 1. The third-order valence-corrected chi connectivity index (χ3v) is 8.98. The maximum absolute atomic E-state index is 12.2. The molecule has 2 aliphatic rings. The minimum atomic E-state index is 0.00397. The van der Waals surface area contributed by atoms with Crippen LogP contribution in [0.25, 0.3) is 0 Å². The Balaban J connectivity index is 2.11. The van der Waals surface area contributed by atoms with Crippen LogP contribution in [0.2, 0.25) is 0 Å². The van der Waals surface area contributed by atoms with Gasteiger partial charge in [0.1, 0.15) is 5.78 Å². The van der Waals surface area contributed by atoms with Gasteiger partial charge in [-0.05, 0) is 89.6 Å². The summed E-state index contributed by atoms with van der Waals surface area (Å²) < 4.78 is 12.4. The number of ketones is 1. The zero-order valence-electron chi connectivity index (χ0n) is 16.2. The second-order valence-electron chi connectivity index (χ2n) is 7.65. The van der Waals surface area contributed by atoms with E-state index in [1.807, 2.05) is 13.8 Å². The number of thiocarbonyl (C=S) groups is 2. The van der Waals surface area contributed by atoms with Crippen LogP contribution in [0.15, 0.2) is 0 Å². The molecule has 0 aromatic rings. The lowest BCUT2D eigenvalue weighted by molar-refractivity contribution is -0.123. The molecule has 0 spiro atoms. The first kappa shape index (κ1) is 22.4. The number of hydrogen-bond acceptors (Lipinski definition) is 7. The normalized spacial score (nSPS) is 29.0. The Morgan fingerprint density at radius 1 is 1.19 bits per heavy atom. The topological polar surface area (TPSA) is 35.5 Å². The molecule has 2 aliphatic carbocycles. The van der Waals surface area contributed by atoms with E-state index in [0.29, 0.717) is 52.4 Å². The number of rotatable bonds is 5. The molecular formula is C19H30O3S4. The van der Waals surface area contributed by atoms with E-state index in [-0.39, 0.29) is 9.49 Å². The van der Waals surface area contributed by atoms with Gasteiger partial charge >= 0.3 is 0 Å². The van der Waals surface area contributed by atoms with Crippen LogP contribution in [0.3, 0.4) is 0 Å². The smallest absolute Gasteiger partial charge is 0.220 e. The summed E-state index contributed by atoms with van der Waals surface area (Å²) in [6, 6.07) is 0. The zero-order chi connectivity index (χ0) is 19.4. The summed E-state index contributed by atoms with van der Waals surface area (Å²) in [5.41, 5.74) is 0. The van der Waals surface area contributed by atoms with E-state index in [1.165, 1.54) is 0 Å². The summed E-state index contributed by atoms with van der Waals surface area (Å²) in [4.78, 5) is 12.2. The first-order chi connectivity index (χ1) is 12.2. The van der Waals surface area contributed by atoms with Crippen LogP contribution in [0.5, 0.6) is 0 Å². The maximum atomic E-state index is 12.2. The lowest BCUT2D eigenvalue weighted by Gasteiger charge is -2.51. The fourth-order valence-corrected chi connectivity index (χ4v) is 7.84. The predicted octanol–water partition coefficient (Wildman–Crippen LogP) is 5.78. The standard InChI is InChI=1S/C19H30O3S4/c1-5-21-16(23)25-18(3,4)13-7-9-19(26-17(24)22-6-2)10-8-15(20)12-14(19)11-13/h13-14H,5-12H2,1-4H3/t13-,14+,19+/m1/s1. The van der Waals surface area contributed by atoms with Crippen LogP contribution in [0.1, 0.15) is 66.2 Å². The summed E-state index contributed by atoms with van der Waals surface area (Å²) in [5, 5.41) is 0. The molecule has 3 atom stereocenters. The first-order valence-corrected chi connectivity index (χ1v) is 11.9. The number of fused-ring (bicyclic) bond motifs is 1. The Hall–Kier alpha value is 0.150. The van der Waals surface area contributed by atoms with Gasteiger partial charge in [0.15, 0.2) is 0 Å². The molecule has 2 saturated carbocycles. The Morgan fingerprint density at radius 2 is 1.85 bits per heavy atom. The molecule has 0 saturated heterocycles. The molecular weight excluding hydrogens is 404 g/mol. The monoisotopic (exact) mass is 434 g/mol. The van der Waals surface area contributed by atoms with Crippen molar-refractivity contribution in [2.24, 2.45) is 11.8 Å². The summed E-state index contributed by atoms with van der Waals surface area (Å²) in [7, 11) is 0. The van der Waals surface area contributed by atoms with Crippen LogP contribution in [-0.4, -0.2) is 37.3 Å². The molecule has 0 heterocycles. The van der Waals surface area contributed by atoms with Crippen molar-refractivity contribution in [3.8, 4) is 0 Å². The van der Waals surface area contributed by atoms with E-state index in [9.17, 15) is 4.79 Å². The van der Waals surface area contributed by atoms with Crippen molar-refractivity contribution in [3.05, 3.63) is 0 Å². The van der Waals surface area contributed by atoms with E-state index >= 15 is 0 Å². The molecule has 0 amide bonds. The highest BCUT2D eigenvalue weighted by atomic mass is 32.2. The van der Waals surface area contributed by atoms with Gasteiger partial charge in [0.25, 0.3) is 0 Å². The van der Waals surface area contributed by atoms with Gasteiger partial charge in [0.2, 0.25) is 8.77 Å². The second-order valence-corrected chi connectivity index (χ2v) is 11.9. The zero-order valence-corrected chi connectivity index (χ0v) is 19.4. The Kier molecular flexibility index (Phi) is 8.26. The molecule has 2 fully saturated rings. The van der Waals surface area contributed by atoms with Gasteiger partial charge < -0.3 is 9.47 Å². The third-order valence-electron chi connectivity index (χ3n) is 5.67. The third kappa shape index (κ3) is 5.58. The molecule has 0 N–H and O–H groups in total. The van der Waals surface area contributed by atoms with Crippen molar-refractivity contribution in [2.45, 2.75) is 75.7 Å². The SMILES string of the molecule is CCOC(=S)SC(C)(C)[C@@H]1CC[C@]2(SC(=S)OCC)CCC(=O)C[C@@H]2C1. The van der Waals surface area contributed by atoms with Crippen molar-refractivity contribution in [1.29, 1.82) is 0 Å². The molecule has 2 rings (SSSR count). The lowest BCUT2D eigenvalue weighted by atomic mass is 9.64. The Labute approximate surface area is 177 Å². The van der Waals surface area contributed by atoms with Gasteiger partial charge in [0, 0.05) is 22.3 Å². The van der Waals surface area contributed by atoms with Crippen LogP contribution in [0, 0.1) is 11.8 Å². The maximum Gasteiger partial charge on any atom is 0.220 e. The van der Waals surface area contributed by atoms with Gasteiger partial charge in [-0.3, -0.25) is 4.79 Å². The van der Waals surface area contributed by atoms with E-state index in [2.05, 4.69) is 13.8 Å². The minimum absolute atomic E-state index is 0.00397. The van der Waals surface area contributed by atoms with Crippen LogP contribution < -0.4 is 0 Å². The molecule has 0 aliphatic heterocycles. The number of carbonyl (C=O) groups is 1. The minimum Gasteiger partial charge on any atom is -0.479 e. The molecule has 0 radical (unpaired) electrons. The molecule has 7 heteroatoms. The fourth-order valence-electron chi connectivity index (χ4n) is 4.20. The van der Waals surface area contributed by atoms with E-state index < -0.39 is 0 Å². The quantitative estimate of drug-likeness (QED) is 0.507. The van der Waals surface area contributed by atoms with Crippen LogP contribution in [-0.2, 0) is 14.3 Å². The van der Waals surface area contributed by atoms with Crippen molar-refractivity contribution in [1.82, 2.24) is 0 Å². The first-order valence-electron chi connectivity index (χ1n) is 9.45. The highest BCUT2D eigenvalue weighted by molar-refractivity contribution is 8.23. The number of ether oxygens (including phenoxy) is 2. The average molecular weight is 435 g/mol. The van der Waals surface area contributed by atoms with Crippen molar-refractivity contribution in [3.63, 3.8) is 0 Å². The molecule has 0 aromatic carbocycles. The summed E-state index contributed by atoms with van der Waals surface area (Å²) in [5.74, 6) is 1.27. The summed E-state index contributed by atoms with van der Waals surface area (Å²) >= 11 is 14.2. The van der Waals surface area contributed by atoms with Crippen LogP contribution >= 0.6 is 48.0 Å². The van der Waals surface area contributed by atoms with Crippen molar-refractivity contribution < 1.29 is 14.3 Å². The molecule has 0 aromatic heterocycles. The van der Waals surface area contributed by atoms with Gasteiger partial charge in [-0.15, -0.1) is 0 Å². The second kappa shape index (κ2) is 9.57. The van der Waals surface area contributed by atoms with Gasteiger partial charge in [-0.1, -0.05) is 23.5 Å². The molecule has 26 heavy (non-hydrogen) atoms. The Bertz CT molecular complexity index is 549. The highest BCUT2D eigenvalue weighted by Crippen LogP contribution is 2.56. The van der Waals surface area contributed by atoms with E-state index in [0.717, 1.165) is 25.7 Å². The van der Waals surface area contributed by atoms with Crippen molar-refractivity contribution >= 4 is 62.5 Å². The average Bonchev–Trinajstić information content (AvgIpc) is 2.54. The lowest BCUT2D eigenvalue weighted by Crippen LogP contribution is -2.48. The van der Waals surface area contributed by atoms with E-state index in [1.54, 1.807) is 23.5 Å². The largest absolute Gasteiger partial charge is 0.479 e. The molecule has 0 bridgehead atoms. The Morgan fingerprint density at radius 3 is 2.50 bits per heavy atom. The van der Waals surface area contributed by atoms with Crippen LogP contribution in [0.4, 0.5) is 0 Å². The summed E-state index contributed by atoms with van der Waals surface area (Å²) in [6.07, 6.45) is 5.53. The van der Waals surface area contributed by atoms with Gasteiger partial charge in [0.05, 0.1) is 13.2 Å². The number of Topliss-reactive ketones (excluding diaryl/α,β-unsaturated/α-hetero) is 1. The van der Waals surface area contributed by atoms with Crippen molar-refractivity contribution in [2.75, 3.05) is 13.2 Å². The number of hydrogen-bond donors (Lipinski definition) is 0. The number of thioether (sulfide) groups is 2. The fraction of sp³-hybridized carbons (Fsp3) is 0.842. The van der Waals surface area contributed by atoms with Gasteiger partial charge in [-0.2, -0.15) is 0 Å². The molecule has 148 valence electrons. The molecule has 3 nitrogen and oxygen atoms in total. The van der Waals surface area contributed by atoms with E-state index in [4.69, 9.17) is 33.9 Å². The van der Waals surface area contributed by atoms with Gasteiger partial charge in [-0.25, -0.2) is 0 Å². The predicted molar refractivity (Wildman–Crippen MR) is 120 cm³/mol. The molecule has 0 unspecified atom stereocenters. The highest BCUT2D eigenvalue weighted by Gasteiger charge is 2.51. The summed E-state index contributed by atoms with van der Waals surface area (Å²) in [6.45, 7) is 9.64.